The largest absolute Gasteiger partial charge is 0.463 e. The van der Waals surface area contributed by atoms with Gasteiger partial charge in [-0.25, -0.2) is 0 Å². The maximum absolute atomic E-state index is 9.89. The van der Waals surface area contributed by atoms with Crippen LogP contribution in [0.1, 0.15) is 34.1 Å². The summed E-state index contributed by atoms with van der Waals surface area (Å²) in [5.41, 5.74) is 4.81. The third-order valence-electron chi connectivity index (χ3n) is 2.30. The number of hydrogen-bond donors (Lipinski definition) is 2. The Morgan fingerprint density at radius 1 is 1.26 bits per heavy atom. The van der Waals surface area contributed by atoms with Crippen molar-refractivity contribution in [1.82, 2.24) is 15.0 Å². The monoisotopic (exact) mass is 269 g/mol. The van der Waals surface area contributed by atoms with E-state index in [-0.39, 0.29) is 12.0 Å². The van der Waals surface area contributed by atoms with Gasteiger partial charge < -0.3 is 20.5 Å². The number of anilines is 2. The summed E-state index contributed by atoms with van der Waals surface area (Å²) in [4.78, 5) is 14.1. The minimum absolute atomic E-state index is 0.116. The first-order valence-electron chi connectivity index (χ1n) is 6.47. The van der Waals surface area contributed by atoms with Gasteiger partial charge in [-0.1, -0.05) is 6.92 Å². The van der Waals surface area contributed by atoms with Crippen LogP contribution in [0.15, 0.2) is 0 Å². The molecule has 0 aliphatic carbocycles. The summed E-state index contributed by atoms with van der Waals surface area (Å²) in [7, 11) is 0. The fourth-order valence-corrected chi connectivity index (χ4v) is 1.55. The molecule has 19 heavy (non-hydrogen) atoms. The zero-order valence-electron chi connectivity index (χ0n) is 12.1. The average Bonchev–Trinajstić information content (AvgIpc) is 2.31. The highest BCUT2D eigenvalue weighted by Crippen LogP contribution is 2.16. The van der Waals surface area contributed by atoms with E-state index in [0.717, 1.165) is 6.42 Å². The van der Waals surface area contributed by atoms with Crippen LogP contribution in [0.25, 0.3) is 0 Å². The van der Waals surface area contributed by atoms with Gasteiger partial charge in [-0.3, -0.25) is 0 Å². The van der Waals surface area contributed by atoms with Crippen molar-refractivity contribution in [1.29, 1.82) is 0 Å². The molecule has 3 N–H and O–H groups in total. The first-order valence-corrected chi connectivity index (χ1v) is 6.47. The second kappa shape index (κ2) is 6.51. The number of rotatable bonds is 7. The molecule has 0 radical (unpaired) electrons. The van der Waals surface area contributed by atoms with E-state index in [4.69, 9.17) is 10.5 Å². The molecular weight excluding hydrogens is 246 g/mol. The summed E-state index contributed by atoms with van der Waals surface area (Å²) >= 11 is 0. The van der Waals surface area contributed by atoms with Crippen LogP contribution in [0.4, 0.5) is 11.9 Å². The van der Waals surface area contributed by atoms with E-state index in [1.165, 1.54) is 0 Å². The predicted molar refractivity (Wildman–Crippen MR) is 74.2 cm³/mol. The summed E-state index contributed by atoms with van der Waals surface area (Å²) in [6.07, 6.45) is 0.863. The molecule has 0 bridgehead atoms. The van der Waals surface area contributed by atoms with Gasteiger partial charge >= 0.3 is 6.01 Å². The fourth-order valence-electron chi connectivity index (χ4n) is 1.55. The van der Waals surface area contributed by atoms with Crippen molar-refractivity contribution >= 4 is 11.9 Å². The van der Waals surface area contributed by atoms with Crippen molar-refractivity contribution in [3.63, 3.8) is 0 Å². The third kappa shape index (κ3) is 5.25. The number of nitrogen functional groups attached to an aromatic ring is 1. The number of aromatic nitrogens is 3. The number of nitrogens with zero attached hydrogens (tertiary/aromatic N) is 4. The minimum atomic E-state index is -0.845. The lowest BCUT2D eigenvalue weighted by Crippen LogP contribution is -2.39. The standard InChI is InChI=1S/C12H23N5O2/c1-5-7-19-11-15-9(13)14-10(16-11)17(6-2)8-12(3,4)18/h18H,5-8H2,1-4H3,(H2,13,14,15,16). The average molecular weight is 269 g/mol. The molecule has 0 spiro atoms. The molecule has 7 heteroatoms. The molecule has 1 rings (SSSR count). The van der Waals surface area contributed by atoms with E-state index >= 15 is 0 Å². The van der Waals surface area contributed by atoms with Crippen LogP contribution in [0, 0.1) is 0 Å². The highest BCUT2D eigenvalue weighted by atomic mass is 16.5. The summed E-state index contributed by atoms with van der Waals surface area (Å²) in [5, 5.41) is 9.89. The Balaban J connectivity index is 2.93. The molecule has 7 nitrogen and oxygen atoms in total. The Hall–Kier alpha value is -1.63. The molecule has 0 saturated heterocycles. The van der Waals surface area contributed by atoms with E-state index in [2.05, 4.69) is 15.0 Å². The van der Waals surface area contributed by atoms with Gasteiger partial charge in [0, 0.05) is 13.1 Å². The Labute approximate surface area is 113 Å². The van der Waals surface area contributed by atoms with Crippen molar-refractivity contribution < 1.29 is 9.84 Å². The van der Waals surface area contributed by atoms with Crippen LogP contribution < -0.4 is 15.4 Å². The molecule has 108 valence electrons. The molecule has 0 atom stereocenters. The van der Waals surface area contributed by atoms with Gasteiger partial charge in [0.2, 0.25) is 11.9 Å². The van der Waals surface area contributed by atoms with E-state index in [9.17, 15) is 5.11 Å². The van der Waals surface area contributed by atoms with Crippen molar-refractivity contribution in [3.05, 3.63) is 0 Å². The molecule has 1 aromatic heterocycles. The van der Waals surface area contributed by atoms with Gasteiger partial charge in [0.25, 0.3) is 0 Å². The van der Waals surface area contributed by atoms with Crippen LogP contribution in [0.3, 0.4) is 0 Å². The highest BCUT2D eigenvalue weighted by molar-refractivity contribution is 5.36. The minimum Gasteiger partial charge on any atom is -0.463 e. The summed E-state index contributed by atoms with van der Waals surface area (Å²) in [6.45, 7) is 9.00. The Kier molecular flexibility index (Phi) is 5.29. The van der Waals surface area contributed by atoms with E-state index in [1.807, 2.05) is 18.7 Å². The van der Waals surface area contributed by atoms with Crippen molar-refractivity contribution in [3.8, 4) is 6.01 Å². The van der Waals surface area contributed by atoms with Gasteiger partial charge in [0.15, 0.2) is 0 Å². The summed E-state index contributed by atoms with van der Waals surface area (Å²) in [5.74, 6) is 0.536. The van der Waals surface area contributed by atoms with Crippen LogP contribution in [-0.4, -0.2) is 45.4 Å². The molecule has 0 aliphatic rings. The van der Waals surface area contributed by atoms with Gasteiger partial charge in [-0.2, -0.15) is 15.0 Å². The molecule has 1 aromatic rings. The highest BCUT2D eigenvalue weighted by Gasteiger charge is 2.20. The van der Waals surface area contributed by atoms with E-state index in [1.54, 1.807) is 13.8 Å². The molecule has 0 aliphatic heterocycles. The fraction of sp³-hybridized carbons (Fsp3) is 0.750. The maximum atomic E-state index is 9.89. The third-order valence-corrected chi connectivity index (χ3v) is 2.30. The number of aliphatic hydroxyl groups is 1. The molecule has 0 unspecified atom stereocenters. The lowest BCUT2D eigenvalue weighted by atomic mass is 10.1. The van der Waals surface area contributed by atoms with Crippen LogP contribution in [0.2, 0.25) is 0 Å². The SMILES string of the molecule is CCCOc1nc(N)nc(N(CC)CC(C)(C)O)n1. The maximum Gasteiger partial charge on any atom is 0.323 e. The second-order valence-corrected chi connectivity index (χ2v) is 4.95. The van der Waals surface area contributed by atoms with Gasteiger partial charge in [0.05, 0.1) is 12.2 Å². The van der Waals surface area contributed by atoms with Crippen molar-refractivity contribution in [2.75, 3.05) is 30.3 Å². The molecular formula is C12H23N5O2. The van der Waals surface area contributed by atoms with Gasteiger partial charge in [0.1, 0.15) is 0 Å². The molecule has 0 saturated carbocycles. The lowest BCUT2D eigenvalue weighted by molar-refractivity contribution is 0.0871. The zero-order valence-corrected chi connectivity index (χ0v) is 12.1. The molecule has 0 fully saturated rings. The molecule has 0 aromatic carbocycles. The van der Waals surface area contributed by atoms with Crippen LogP contribution in [-0.2, 0) is 0 Å². The van der Waals surface area contributed by atoms with Gasteiger partial charge in [-0.05, 0) is 27.2 Å². The van der Waals surface area contributed by atoms with Crippen molar-refractivity contribution in [2.24, 2.45) is 0 Å². The summed E-state index contributed by atoms with van der Waals surface area (Å²) in [6, 6.07) is 0.221. The number of ether oxygens (including phenoxy) is 1. The Morgan fingerprint density at radius 2 is 1.95 bits per heavy atom. The number of likely N-dealkylation sites (N-methyl/N-ethyl adjacent to an activating group) is 1. The Morgan fingerprint density at radius 3 is 2.47 bits per heavy atom. The predicted octanol–water partition coefficient (Wildman–Crippen LogP) is 0.840. The van der Waals surface area contributed by atoms with Crippen LogP contribution in [0.5, 0.6) is 6.01 Å². The Bertz CT molecular complexity index is 406. The second-order valence-electron chi connectivity index (χ2n) is 4.95. The quantitative estimate of drug-likeness (QED) is 0.757. The number of nitrogens with two attached hydrogens (primary N) is 1. The van der Waals surface area contributed by atoms with Crippen LogP contribution >= 0.6 is 0 Å². The smallest absolute Gasteiger partial charge is 0.323 e. The summed E-state index contributed by atoms with van der Waals surface area (Å²) < 4.78 is 5.37. The molecule has 0 amide bonds. The lowest BCUT2D eigenvalue weighted by Gasteiger charge is -2.28. The molecule has 1 heterocycles. The number of hydrogen-bond acceptors (Lipinski definition) is 7. The first kappa shape index (κ1) is 15.4. The van der Waals surface area contributed by atoms with Gasteiger partial charge in [-0.15, -0.1) is 0 Å². The topological polar surface area (TPSA) is 97.4 Å². The zero-order chi connectivity index (χ0) is 14.5. The van der Waals surface area contributed by atoms with E-state index < -0.39 is 5.60 Å². The van der Waals surface area contributed by atoms with E-state index in [0.29, 0.717) is 25.6 Å². The first-order chi connectivity index (χ1) is 8.85. The normalized spacial score (nSPS) is 11.4. The van der Waals surface area contributed by atoms with Crippen molar-refractivity contribution in [2.45, 2.75) is 39.7 Å².